The highest BCUT2D eigenvalue weighted by atomic mass is 32.1. The first-order chi connectivity index (χ1) is 11.4. The second-order valence-corrected chi connectivity index (χ2v) is 6.78. The van der Waals surface area contributed by atoms with Crippen LogP contribution in [0.25, 0.3) is 0 Å². The largest absolute Gasteiger partial charge is 0.323 e. The first-order valence-electron chi connectivity index (χ1n) is 7.82. The van der Waals surface area contributed by atoms with E-state index in [9.17, 15) is 14.9 Å². The fourth-order valence-electron chi connectivity index (χ4n) is 2.49. The lowest BCUT2D eigenvalue weighted by atomic mass is 10.1. The van der Waals surface area contributed by atoms with Crippen molar-refractivity contribution in [1.29, 1.82) is 0 Å². The van der Waals surface area contributed by atoms with Gasteiger partial charge in [-0.1, -0.05) is 12.1 Å². The molecule has 0 fully saturated rings. The Morgan fingerprint density at radius 2 is 2.08 bits per heavy atom. The maximum absolute atomic E-state index is 12.4. The Kier molecular flexibility index (Phi) is 6.05. The minimum atomic E-state index is -0.460. The summed E-state index contributed by atoms with van der Waals surface area (Å²) < 4.78 is 0. The van der Waals surface area contributed by atoms with Gasteiger partial charge < -0.3 is 10.2 Å². The van der Waals surface area contributed by atoms with Crippen molar-refractivity contribution in [3.8, 4) is 0 Å². The highest BCUT2D eigenvalue weighted by Crippen LogP contribution is 2.29. The van der Waals surface area contributed by atoms with Crippen molar-refractivity contribution in [2.45, 2.75) is 27.3 Å². The quantitative estimate of drug-likeness (QED) is 0.595. The van der Waals surface area contributed by atoms with Crippen molar-refractivity contribution < 1.29 is 14.6 Å². The molecule has 24 heavy (non-hydrogen) atoms. The molecule has 2 N–H and O–H groups in total. The van der Waals surface area contributed by atoms with Crippen molar-refractivity contribution in [1.82, 2.24) is 0 Å². The predicted molar refractivity (Wildman–Crippen MR) is 95.6 cm³/mol. The van der Waals surface area contributed by atoms with Crippen molar-refractivity contribution in [3.63, 3.8) is 0 Å². The zero-order valence-electron chi connectivity index (χ0n) is 14.1. The first kappa shape index (κ1) is 18.1. The molecule has 128 valence electrons. The highest BCUT2D eigenvalue weighted by molar-refractivity contribution is 7.09. The SMILES string of the molecule is CC[NH+](CC(=O)Nc1c([N+](=O)[O-])ccc(C)c1C)Cc1cccs1. The number of likely N-dealkylation sites (N-methyl/N-ethyl adjacent to an activating group) is 1. The number of carbonyl (C=O) groups is 1. The average Bonchev–Trinajstić information content (AvgIpc) is 3.04. The summed E-state index contributed by atoms with van der Waals surface area (Å²) in [7, 11) is 0. The Bertz CT molecular complexity index is 729. The van der Waals surface area contributed by atoms with Gasteiger partial charge in [0.15, 0.2) is 6.54 Å². The number of amides is 1. The Hall–Kier alpha value is -2.25. The third kappa shape index (κ3) is 4.39. The number of aryl methyl sites for hydroxylation is 1. The number of nitrogens with one attached hydrogen (secondary N) is 2. The van der Waals surface area contributed by atoms with Gasteiger partial charge in [0, 0.05) is 6.07 Å². The molecule has 0 saturated heterocycles. The lowest BCUT2D eigenvalue weighted by Gasteiger charge is -2.17. The molecular formula is C17H22N3O3S+. The zero-order valence-corrected chi connectivity index (χ0v) is 14.9. The molecule has 1 aromatic heterocycles. The number of rotatable bonds is 7. The van der Waals surface area contributed by atoms with Crippen LogP contribution in [0.5, 0.6) is 0 Å². The van der Waals surface area contributed by atoms with Crippen LogP contribution in [0.4, 0.5) is 11.4 Å². The van der Waals surface area contributed by atoms with E-state index in [4.69, 9.17) is 0 Å². The zero-order chi connectivity index (χ0) is 17.7. The van der Waals surface area contributed by atoms with Crippen LogP contribution in [0.3, 0.4) is 0 Å². The van der Waals surface area contributed by atoms with Crippen LogP contribution in [0, 0.1) is 24.0 Å². The molecule has 0 aliphatic heterocycles. The number of thiophene rings is 1. The van der Waals surface area contributed by atoms with Gasteiger partial charge in [-0.3, -0.25) is 14.9 Å². The molecule has 1 amide bonds. The van der Waals surface area contributed by atoms with E-state index < -0.39 is 4.92 Å². The summed E-state index contributed by atoms with van der Waals surface area (Å²) >= 11 is 1.67. The van der Waals surface area contributed by atoms with E-state index in [-0.39, 0.29) is 18.1 Å². The van der Waals surface area contributed by atoms with Gasteiger partial charge >= 0.3 is 0 Å². The van der Waals surface area contributed by atoms with Crippen LogP contribution in [-0.4, -0.2) is 23.9 Å². The summed E-state index contributed by atoms with van der Waals surface area (Å²) in [5.74, 6) is -0.208. The molecular weight excluding hydrogens is 326 g/mol. The molecule has 2 aromatic rings. The number of hydrogen-bond donors (Lipinski definition) is 2. The molecule has 0 saturated carbocycles. The van der Waals surface area contributed by atoms with Crippen LogP contribution in [0.1, 0.15) is 22.9 Å². The molecule has 1 heterocycles. The molecule has 2 rings (SSSR count). The summed E-state index contributed by atoms with van der Waals surface area (Å²) in [6.45, 7) is 7.54. The molecule has 1 aromatic carbocycles. The highest BCUT2D eigenvalue weighted by Gasteiger charge is 2.21. The molecule has 7 heteroatoms. The van der Waals surface area contributed by atoms with Crippen LogP contribution in [-0.2, 0) is 11.3 Å². The molecule has 6 nitrogen and oxygen atoms in total. The summed E-state index contributed by atoms with van der Waals surface area (Å²) in [6, 6.07) is 7.18. The maximum atomic E-state index is 12.4. The molecule has 1 atom stereocenters. The monoisotopic (exact) mass is 348 g/mol. The van der Waals surface area contributed by atoms with Gasteiger partial charge in [0.1, 0.15) is 12.2 Å². The Labute approximate surface area is 145 Å². The number of hydrogen-bond acceptors (Lipinski definition) is 4. The molecule has 0 aliphatic carbocycles. The standard InChI is InChI=1S/C17H21N3O3S/c1-4-19(10-14-6-5-9-24-14)11-16(21)18-17-13(3)12(2)7-8-15(17)20(22)23/h5-9H,4,10-11H2,1-3H3,(H,18,21)/p+1. The van der Waals surface area contributed by atoms with Crippen LogP contribution >= 0.6 is 11.3 Å². The summed E-state index contributed by atoms with van der Waals surface area (Å²) in [5, 5.41) is 16.0. The number of nitro benzene ring substituents is 1. The van der Waals surface area contributed by atoms with Gasteiger partial charge in [-0.15, -0.1) is 11.3 Å². The molecule has 0 spiro atoms. The topological polar surface area (TPSA) is 76.7 Å². The van der Waals surface area contributed by atoms with E-state index in [1.165, 1.54) is 10.9 Å². The van der Waals surface area contributed by atoms with Crippen molar-refractivity contribution in [3.05, 3.63) is 55.8 Å². The second kappa shape index (κ2) is 8.03. The van der Waals surface area contributed by atoms with Gasteiger partial charge in [-0.25, -0.2) is 0 Å². The van der Waals surface area contributed by atoms with Crippen molar-refractivity contribution in [2.24, 2.45) is 0 Å². The Balaban J connectivity index is 2.11. The number of quaternary nitrogens is 1. The van der Waals surface area contributed by atoms with Crippen molar-refractivity contribution >= 4 is 28.6 Å². The van der Waals surface area contributed by atoms with Gasteiger partial charge in [0.2, 0.25) is 0 Å². The minimum Gasteiger partial charge on any atom is -0.323 e. The van der Waals surface area contributed by atoms with E-state index in [2.05, 4.69) is 5.32 Å². The Morgan fingerprint density at radius 1 is 1.33 bits per heavy atom. The Morgan fingerprint density at radius 3 is 2.67 bits per heavy atom. The summed E-state index contributed by atoms with van der Waals surface area (Å²) in [5.41, 5.74) is 1.88. The summed E-state index contributed by atoms with van der Waals surface area (Å²) in [6.07, 6.45) is 0. The molecule has 1 unspecified atom stereocenters. The lowest BCUT2D eigenvalue weighted by molar-refractivity contribution is -0.903. The first-order valence-corrected chi connectivity index (χ1v) is 8.70. The van der Waals surface area contributed by atoms with Crippen LogP contribution in [0.15, 0.2) is 29.6 Å². The van der Waals surface area contributed by atoms with E-state index in [1.807, 2.05) is 31.4 Å². The van der Waals surface area contributed by atoms with Gasteiger partial charge in [0.25, 0.3) is 11.6 Å². The van der Waals surface area contributed by atoms with Crippen molar-refractivity contribution in [2.75, 3.05) is 18.4 Å². The number of carbonyl (C=O) groups excluding carboxylic acids is 1. The molecule has 0 bridgehead atoms. The number of benzene rings is 1. The van der Waals surface area contributed by atoms with E-state index in [0.717, 1.165) is 29.1 Å². The number of nitrogens with zero attached hydrogens (tertiary/aromatic N) is 1. The van der Waals surface area contributed by atoms with Crippen LogP contribution in [0.2, 0.25) is 0 Å². The second-order valence-electron chi connectivity index (χ2n) is 5.74. The van der Waals surface area contributed by atoms with E-state index in [1.54, 1.807) is 24.3 Å². The summed E-state index contributed by atoms with van der Waals surface area (Å²) in [4.78, 5) is 25.5. The fraction of sp³-hybridized carbons (Fsp3) is 0.353. The minimum absolute atomic E-state index is 0.0669. The van der Waals surface area contributed by atoms with Gasteiger partial charge in [-0.05, 0) is 43.3 Å². The molecule has 0 radical (unpaired) electrons. The molecule has 0 aliphatic rings. The predicted octanol–water partition coefficient (Wildman–Crippen LogP) is 2.32. The number of anilines is 1. The maximum Gasteiger partial charge on any atom is 0.293 e. The fourth-order valence-corrected chi connectivity index (χ4v) is 3.27. The third-order valence-corrected chi connectivity index (χ3v) is 4.97. The van der Waals surface area contributed by atoms with Gasteiger partial charge in [-0.2, -0.15) is 0 Å². The number of nitro groups is 1. The van der Waals surface area contributed by atoms with E-state index in [0.29, 0.717) is 5.69 Å². The third-order valence-electron chi connectivity index (χ3n) is 4.09. The lowest BCUT2D eigenvalue weighted by Crippen LogP contribution is -3.11. The van der Waals surface area contributed by atoms with Gasteiger partial charge in [0.05, 0.1) is 16.3 Å². The van der Waals surface area contributed by atoms with E-state index >= 15 is 0 Å². The smallest absolute Gasteiger partial charge is 0.293 e. The van der Waals surface area contributed by atoms with Crippen LogP contribution < -0.4 is 10.2 Å². The average molecular weight is 348 g/mol. The normalized spacial score (nSPS) is 12.0.